The molecule has 1 heterocycles. The Balaban J connectivity index is 2.15. The third-order valence-corrected chi connectivity index (χ3v) is 2.72. The van der Waals surface area contributed by atoms with E-state index in [1.54, 1.807) is 7.11 Å². The highest BCUT2D eigenvalue weighted by atomic mass is 16.5. The number of methoxy groups -OCH3 is 1. The zero-order valence-corrected chi connectivity index (χ0v) is 10.2. The monoisotopic (exact) mass is 231 g/mol. The van der Waals surface area contributed by atoms with Crippen LogP contribution in [0.25, 0.3) is 0 Å². The Morgan fingerprint density at radius 1 is 1.41 bits per heavy atom. The number of ether oxygens (including phenoxy) is 1. The zero-order valence-electron chi connectivity index (χ0n) is 10.2. The van der Waals surface area contributed by atoms with Crippen LogP contribution in [0.2, 0.25) is 0 Å². The number of hydrogen-bond acceptors (Lipinski definition) is 3. The average molecular weight is 231 g/mol. The molecule has 0 aliphatic heterocycles. The maximum Gasteiger partial charge on any atom is 0.121 e. The number of benzene rings is 1. The van der Waals surface area contributed by atoms with Crippen LogP contribution >= 0.6 is 0 Å². The Labute approximate surface area is 101 Å². The standard InChI is InChI=1S/C13H17N3O/c1-10-5-11(3-4-13(10)17-2)7-16-8-12(6-14)15-9-16/h3-5,8-9H,6-7,14H2,1-2H3. The molecule has 0 bridgehead atoms. The van der Waals surface area contributed by atoms with Crippen molar-refractivity contribution in [1.29, 1.82) is 0 Å². The van der Waals surface area contributed by atoms with Crippen molar-refractivity contribution < 1.29 is 4.74 Å². The van der Waals surface area contributed by atoms with E-state index < -0.39 is 0 Å². The van der Waals surface area contributed by atoms with Gasteiger partial charge in [0.2, 0.25) is 0 Å². The maximum absolute atomic E-state index is 5.53. The van der Waals surface area contributed by atoms with Crippen LogP contribution in [0.15, 0.2) is 30.7 Å². The molecule has 0 spiro atoms. The minimum absolute atomic E-state index is 0.481. The van der Waals surface area contributed by atoms with Gasteiger partial charge in [0.15, 0.2) is 0 Å². The van der Waals surface area contributed by atoms with E-state index in [0.29, 0.717) is 6.54 Å². The predicted octanol–water partition coefficient (Wildman–Crippen LogP) is 1.71. The molecule has 0 unspecified atom stereocenters. The van der Waals surface area contributed by atoms with E-state index >= 15 is 0 Å². The van der Waals surface area contributed by atoms with Gasteiger partial charge in [-0.25, -0.2) is 4.98 Å². The lowest BCUT2D eigenvalue weighted by Gasteiger charge is -2.07. The molecule has 2 aromatic rings. The van der Waals surface area contributed by atoms with Gasteiger partial charge < -0.3 is 15.0 Å². The Morgan fingerprint density at radius 2 is 2.24 bits per heavy atom. The first-order valence-electron chi connectivity index (χ1n) is 5.57. The second-order valence-corrected chi connectivity index (χ2v) is 4.05. The molecule has 0 aliphatic carbocycles. The van der Waals surface area contributed by atoms with Gasteiger partial charge in [0.05, 0.1) is 19.1 Å². The minimum atomic E-state index is 0.481. The average Bonchev–Trinajstić information content (AvgIpc) is 2.77. The molecule has 1 aromatic carbocycles. The zero-order chi connectivity index (χ0) is 12.3. The molecule has 0 saturated heterocycles. The van der Waals surface area contributed by atoms with Crippen LogP contribution in [-0.2, 0) is 13.1 Å². The van der Waals surface area contributed by atoms with Crippen molar-refractivity contribution in [2.75, 3.05) is 7.11 Å². The van der Waals surface area contributed by atoms with E-state index in [2.05, 4.69) is 17.1 Å². The number of aromatic nitrogens is 2. The summed E-state index contributed by atoms with van der Waals surface area (Å²) in [5, 5.41) is 0. The molecule has 4 heteroatoms. The fraction of sp³-hybridized carbons (Fsp3) is 0.308. The summed E-state index contributed by atoms with van der Waals surface area (Å²) in [6.45, 7) is 3.33. The van der Waals surface area contributed by atoms with Crippen LogP contribution in [0.3, 0.4) is 0 Å². The maximum atomic E-state index is 5.53. The second-order valence-electron chi connectivity index (χ2n) is 4.05. The van der Waals surface area contributed by atoms with E-state index in [1.807, 2.05) is 30.1 Å². The highest BCUT2D eigenvalue weighted by Crippen LogP contribution is 2.19. The van der Waals surface area contributed by atoms with Gasteiger partial charge in [0.25, 0.3) is 0 Å². The van der Waals surface area contributed by atoms with Crippen molar-refractivity contribution in [2.24, 2.45) is 5.73 Å². The number of aryl methyl sites for hydroxylation is 1. The van der Waals surface area contributed by atoms with Gasteiger partial charge in [0, 0.05) is 19.3 Å². The number of imidazole rings is 1. The van der Waals surface area contributed by atoms with E-state index in [0.717, 1.165) is 23.6 Å². The summed E-state index contributed by atoms with van der Waals surface area (Å²) in [5.74, 6) is 0.919. The van der Waals surface area contributed by atoms with Crippen molar-refractivity contribution in [1.82, 2.24) is 9.55 Å². The number of nitrogens with two attached hydrogens (primary N) is 1. The van der Waals surface area contributed by atoms with Crippen LogP contribution in [-0.4, -0.2) is 16.7 Å². The molecule has 0 fully saturated rings. The molecular weight excluding hydrogens is 214 g/mol. The summed E-state index contributed by atoms with van der Waals surface area (Å²) in [6.07, 6.45) is 3.78. The van der Waals surface area contributed by atoms with Crippen LogP contribution < -0.4 is 10.5 Å². The summed E-state index contributed by atoms with van der Waals surface area (Å²) < 4.78 is 7.27. The van der Waals surface area contributed by atoms with E-state index in [1.165, 1.54) is 5.56 Å². The van der Waals surface area contributed by atoms with Crippen molar-refractivity contribution in [3.63, 3.8) is 0 Å². The summed E-state index contributed by atoms with van der Waals surface area (Å²) in [4.78, 5) is 4.20. The Hall–Kier alpha value is -1.81. The lowest BCUT2D eigenvalue weighted by atomic mass is 10.1. The SMILES string of the molecule is COc1ccc(Cn2cnc(CN)c2)cc1C. The molecular formula is C13H17N3O. The molecule has 4 nitrogen and oxygen atoms in total. The molecule has 90 valence electrons. The van der Waals surface area contributed by atoms with Crippen LogP contribution in [0, 0.1) is 6.92 Å². The molecule has 1 aromatic heterocycles. The van der Waals surface area contributed by atoms with Gasteiger partial charge in [-0.2, -0.15) is 0 Å². The third-order valence-electron chi connectivity index (χ3n) is 2.72. The highest BCUT2D eigenvalue weighted by Gasteiger charge is 2.02. The lowest BCUT2D eigenvalue weighted by molar-refractivity contribution is 0.411. The molecule has 0 amide bonds. The Kier molecular flexibility index (Phi) is 3.44. The van der Waals surface area contributed by atoms with Gasteiger partial charge in [-0.15, -0.1) is 0 Å². The topological polar surface area (TPSA) is 53.1 Å². The van der Waals surface area contributed by atoms with Gasteiger partial charge in [-0.1, -0.05) is 12.1 Å². The molecule has 0 atom stereocenters. The summed E-state index contributed by atoms with van der Waals surface area (Å²) in [7, 11) is 1.69. The van der Waals surface area contributed by atoms with Crippen LogP contribution in [0.5, 0.6) is 5.75 Å². The predicted molar refractivity (Wildman–Crippen MR) is 67.0 cm³/mol. The van der Waals surface area contributed by atoms with Crippen molar-refractivity contribution in [3.8, 4) is 5.75 Å². The molecule has 2 N–H and O–H groups in total. The molecule has 0 radical (unpaired) electrons. The van der Waals surface area contributed by atoms with Gasteiger partial charge in [0.1, 0.15) is 5.75 Å². The molecule has 0 saturated carbocycles. The van der Waals surface area contributed by atoms with Crippen LogP contribution in [0.1, 0.15) is 16.8 Å². The molecule has 2 rings (SSSR count). The van der Waals surface area contributed by atoms with Crippen molar-refractivity contribution in [3.05, 3.63) is 47.5 Å². The van der Waals surface area contributed by atoms with E-state index in [-0.39, 0.29) is 0 Å². The van der Waals surface area contributed by atoms with Gasteiger partial charge >= 0.3 is 0 Å². The molecule has 17 heavy (non-hydrogen) atoms. The summed E-state index contributed by atoms with van der Waals surface area (Å²) >= 11 is 0. The number of nitrogens with zero attached hydrogens (tertiary/aromatic N) is 2. The second kappa shape index (κ2) is 5.01. The fourth-order valence-corrected chi connectivity index (χ4v) is 1.85. The quantitative estimate of drug-likeness (QED) is 0.871. The van der Waals surface area contributed by atoms with Gasteiger partial charge in [-0.05, 0) is 24.1 Å². The minimum Gasteiger partial charge on any atom is -0.496 e. The highest BCUT2D eigenvalue weighted by molar-refractivity contribution is 5.36. The van der Waals surface area contributed by atoms with E-state index in [4.69, 9.17) is 10.5 Å². The first kappa shape index (κ1) is 11.7. The number of hydrogen-bond donors (Lipinski definition) is 1. The number of rotatable bonds is 4. The Morgan fingerprint density at radius 3 is 2.82 bits per heavy atom. The smallest absolute Gasteiger partial charge is 0.121 e. The summed E-state index contributed by atoms with van der Waals surface area (Å²) in [5.41, 5.74) is 8.81. The largest absolute Gasteiger partial charge is 0.496 e. The van der Waals surface area contributed by atoms with Crippen molar-refractivity contribution in [2.45, 2.75) is 20.0 Å². The van der Waals surface area contributed by atoms with Gasteiger partial charge in [-0.3, -0.25) is 0 Å². The lowest BCUT2D eigenvalue weighted by Crippen LogP contribution is -1.99. The normalized spacial score (nSPS) is 10.5. The van der Waals surface area contributed by atoms with Crippen molar-refractivity contribution >= 4 is 0 Å². The first-order valence-corrected chi connectivity index (χ1v) is 5.57. The third kappa shape index (κ3) is 2.65. The Bertz CT molecular complexity index is 505. The van der Waals surface area contributed by atoms with E-state index in [9.17, 15) is 0 Å². The van der Waals surface area contributed by atoms with Crippen LogP contribution in [0.4, 0.5) is 0 Å². The summed E-state index contributed by atoms with van der Waals surface area (Å²) in [6, 6.07) is 6.18. The molecule has 0 aliphatic rings. The first-order chi connectivity index (χ1) is 8.22. The fourth-order valence-electron chi connectivity index (χ4n) is 1.85.